The fraction of sp³-hybridized carbons (Fsp3) is 0.500. The summed E-state index contributed by atoms with van der Waals surface area (Å²) in [5.74, 6) is -0.209. The second kappa shape index (κ2) is 6.79. The molecular weight excluding hydrogens is 369 g/mol. The number of anilines is 1. The lowest BCUT2D eigenvalue weighted by Gasteiger charge is -2.24. The van der Waals surface area contributed by atoms with Crippen LogP contribution in [0.15, 0.2) is 18.2 Å². The standard InChI is InChI=1S/C14H16ClF3N2O3S/c1-24(22,23)20(7-6-19-13(21)9-2-3-9)10-4-5-12(15)11(8-10)14(16,17)18/h4-5,8-9H,2-3,6-7H2,1H3,(H,19,21). The Hall–Kier alpha value is -1.48. The number of nitrogens with zero attached hydrogens (tertiary/aromatic N) is 1. The molecule has 0 heterocycles. The summed E-state index contributed by atoms with van der Waals surface area (Å²) in [4.78, 5) is 11.6. The molecule has 2 rings (SSSR count). The first-order valence-corrected chi connectivity index (χ1v) is 9.35. The van der Waals surface area contributed by atoms with Gasteiger partial charge in [0, 0.05) is 12.5 Å². The van der Waals surface area contributed by atoms with Gasteiger partial charge in [-0.2, -0.15) is 13.2 Å². The quantitative estimate of drug-likeness (QED) is 0.820. The number of alkyl halides is 3. The number of amides is 1. The van der Waals surface area contributed by atoms with Crippen molar-refractivity contribution < 1.29 is 26.4 Å². The summed E-state index contributed by atoms with van der Waals surface area (Å²) >= 11 is 5.54. The van der Waals surface area contributed by atoms with Crippen molar-refractivity contribution in [2.45, 2.75) is 19.0 Å². The molecule has 0 saturated heterocycles. The molecule has 10 heteroatoms. The molecular formula is C14H16ClF3N2O3S. The normalized spacial score (nSPS) is 15.2. The molecule has 1 N–H and O–H groups in total. The molecule has 0 radical (unpaired) electrons. The molecule has 1 aromatic rings. The smallest absolute Gasteiger partial charge is 0.354 e. The maximum atomic E-state index is 12.9. The number of nitrogens with one attached hydrogen (secondary N) is 1. The summed E-state index contributed by atoms with van der Waals surface area (Å²) in [6, 6.07) is 2.88. The number of hydrogen-bond acceptors (Lipinski definition) is 3. The number of sulfonamides is 1. The Morgan fingerprint density at radius 1 is 1.38 bits per heavy atom. The largest absolute Gasteiger partial charge is 0.417 e. The van der Waals surface area contributed by atoms with Crippen molar-refractivity contribution in [3.05, 3.63) is 28.8 Å². The second-order valence-electron chi connectivity index (χ2n) is 5.56. The van der Waals surface area contributed by atoms with Crippen LogP contribution in [-0.4, -0.2) is 33.7 Å². The minimum absolute atomic E-state index is 0.00633. The average molecular weight is 385 g/mol. The highest BCUT2D eigenvalue weighted by Crippen LogP contribution is 2.37. The highest BCUT2D eigenvalue weighted by Gasteiger charge is 2.34. The van der Waals surface area contributed by atoms with Crippen molar-refractivity contribution in [3.63, 3.8) is 0 Å². The molecule has 1 aliphatic rings. The summed E-state index contributed by atoms with van der Waals surface area (Å²) in [5.41, 5.74) is -1.27. The van der Waals surface area contributed by atoms with E-state index >= 15 is 0 Å². The average Bonchev–Trinajstić information content (AvgIpc) is 3.26. The lowest BCUT2D eigenvalue weighted by atomic mass is 10.2. The van der Waals surface area contributed by atoms with Gasteiger partial charge in [0.15, 0.2) is 0 Å². The van der Waals surface area contributed by atoms with Crippen LogP contribution in [0.25, 0.3) is 0 Å². The van der Waals surface area contributed by atoms with Gasteiger partial charge in [0.05, 0.1) is 29.1 Å². The van der Waals surface area contributed by atoms with E-state index < -0.39 is 26.8 Å². The highest BCUT2D eigenvalue weighted by molar-refractivity contribution is 7.92. The minimum atomic E-state index is -4.70. The van der Waals surface area contributed by atoms with Crippen molar-refractivity contribution in [1.29, 1.82) is 0 Å². The van der Waals surface area contributed by atoms with Gasteiger partial charge in [-0.05, 0) is 31.0 Å². The van der Waals surface area contributed by atoms with Crippen LogP contribution in [0.5, 0.6) is 0 Å². The molecule has 5 nitrogen and oxygen atoms in total. The highest BCUT2D eigenvalue weighted by atomic mass is 35.5. The predicted octanol–water partition coefficient (Wildman–Crippen LogP) is 2.65. The molecule has 1 saturated carbocycles. The lowest BCUT2D eigenvalue weighted by molar-refractivity contribution is -0.137. The van der Waals surface area contributed by atoms with Crippen molar-refractivity contribution >= 4 is 33.2 Å². The van der Waals surface area contributed by atoms with Crippen molar-refractivity contribution in [2.24, 2.45) is 5.92 Å². The van der Waals surface area contributed by atoms with Gasteiger partial charge in [-0.3, -0.25) is 9.10 Å². The van der Waals surface area contributed by atoms with Crippen molar-refractivity contribution in [1.82, 2.24) is 5.32 Å². The maximum Gasteiger partial charge on any atom is 0.417 e. The minimum Gasteiger partial charge on any atom is -0.354 e. The Labute approximate surface area is 142 Å². The molecule has 1 amide bonds. The van der Waals surface area contributed by atoms with Gasteiger partial charge in [0.25, 0.3) is 0 Å². The SMILES string of the molecule is CS(=O)(=O)N(CCNC(=O)C1CC1)c1ccc(Cl)c(C(F)(F)F)c1. The van der Waals surface area contributed by atoms with Crippen LogP contribution in [0.4, 0.5) is 18.9 Å². The van der Waals surface area contributed by atoms with Gasteiger partial charge >= 0.3 is 6.18 Å². The number of halogens is 4. The summed E-state index contributed by atoms with van der Waals surface area (Å²) in [7, 11) is -3.82. The number of carbonyl (C=O) groups excluding carboxylic acids is 1. The van der Waals surface area contributed by atoms with Crippen LogP contribution >= 0.6 is 11.6 Å². The molecule has 0 unspecified atom stereocenters. The Morgan fingerprint density at radius 3 is 2.50 bits per heavy atom. The molecule has 1 aromatic carbocycles. The number of benzene rings is 1. The molecule has 1 fully saturated rings. The van der Waals surface area contributed by atoms with E-state index in [0.717, 1.165) is 29.5 Å². The first kappa shape index (κ1) is 18.9. The van der Waals surface area contributed by atoms with Crippen LogP contribution < -0.4 is 9.62 Å². The molecule has 134 valence electrons. The first-order valence-electron chi connectivity index (χ1n) is 7.12. The van der Waals surface area contributed by atoms with Gasteiger partial charge in [-0.1, -0.05) is 11.6 Å². The summed E-state index contributed by atoms with van der Waals surface area (Å²) in [5, 5.41) is 2.07. The third kappa shape index (κ3) is 4.76. The molecule has 24 heavy (non-hydrogen) atoms. The molecule has 0 aliphatic heterocycles. The monoisotopic (exact) mass is 384 g/mol. The third-order valence-corrected chi connectivity index (χ3v) is 5.03. The van der Waals surface area contributed by atoms with E-state index in [4.69, 9.17) is 11.6 Å². The van der Waals surface area contributed by atoms with Crippen LogP contribution in [0.2, 0.25) is 5.02 Å². The van der Waals surface area contributed by atoms with Crippen LogP contribution in [0.1, 0.15) is 18.4 Å². The van der Waals surface area contributed by atoms with Gasteiger partial charge in [0.1, 0.15) is 0 Å². The molecule has 1 aliphatic carbocycles. The predicted molar refractivity (Wildman–Crippen MR) is 84.4 cm³/mol. The van der Waals surface area contributed by atoms with Crippen molar-refractivity contribution in [3.8, 4) is 0 Å². The summed E-state index contributed by atoms with van der Waals surface area (Å²) in [6.45, 7) is -0.164. The number of rotatable bonds is 6. The van der Waals surface area contributed by atoms with Gasteiger partial charge in [-0.15, -0.1) is 0 Å². The van der Waals surface area contributed by atoms with E-state index in [1.807, 2.05) is 0 Å². The topological polar surface area (TPSA) is 66.5 Å². The Balaban J connectivity index is 2.20. The van der Waals surface area contributed by atoms with E-state index in [2.05, 4.69) is 5.32 Å². The van der Waals surface area contributed by atoms with E-state index in [0.29, 0.717) is 6.07 Å². The van der Waals surface area contributed by atoms with Gasteiger partial charge in [0.2, 0.25) is 15.9 Å². The molecule has 0 spiro atoms. The zero-order chi connectivity index (χ0) is 18.1. The maximum absolute atomic E-state index is 12.9. The molecule has 0 aromatic heterocycles. The summed E-state index contributed by atoms with van der Waals surface area (Å²) < 4.78 is 63.4. The molecule has 0 bridgehead atoms. The van der Waals surface area contributed by atoms with Crippen LogP contribution in [-0.2, 0) is 21.0 Å². The number of carbonyl (C=O) groups is 1. The van der Waals surface area contributed by atoms with Gasteiger partial charge in [-0.25, -0.2) is 8.42 Å². The molecule has 0 atom stereocenters. The van der Waals surface area contributed by atoms with E-state index in [1.165, 1.54) is 6.07 Å². The summed E-state index contributed by atoms with van der Waals surface area (Å²) in [6.07, 6.45) is -2.21. The van der Waals surface area contributed by atoms with Crippen LogP contribution in [0.3, 0.4) is 0 Å². The third-order valence-electron chi connectivity index (χ3n) is 3.51. The Morgan fingerprint density at radius 2 is 2.00 bits per heavy atom. The zero-order valence-electron chi connectivity index (χ0n) is 12.7. The van der Waals surface area contributed by atoms with Crippen molar-refractivity contribution in [2.75, 3.05) is 23.7 Å². The fourth-order valence-electron chi connectivity index (χ4n) is 2.14. The Bertz CT molecular complexity index is 733. The van der Waals surface area contributed by atoms with Crippen LogP contribution in [0, 0.1) is 5.92 Å². The zero-order valence-corrected chi connectivity index (χ0v) is 14.3. The lowest BCUT2D eigenvalue weighted by Crippen LogP contribution is -2.38. The second-order valence-corrected chi connectivity index (χ2v) is 7.88. The first-order chi connectivity index (χ1) is 11.0. The number of hydrogen-bond donors (Lipinski definition) is 1. The van der Waals surface area contributed by atoms with E-state index in [1.54, 1.807) is 0 Å². The fourth-order valence-corrected chi connectivity index (χ4v) is 3.29. The van der Waals surface area contributed by atoms with E-state index in [-0.39, 0.29) is 30.6 Å². The Kier molecular flexibility index (Phi) is 5.34. The van der Waals surface area contributed by atoms with Gasteiger partial charge < -0.3 is 5.32 Å². The van der Waals surface area contributed by atoms with E-state index in [9.17, 15) is 26.4 Å².